The van der Waals surface area contributed by atoms with Crippen LogP contribution in [0.2, 0.25) is 0 Å². The average Bonchev–Trinajstić information content (AvgIpc) is 2.40. The molecule has 0 N–H and O–H groups in total. The molecule has 2 aromatic rings. The smallest absolute Gasteiger partial charge is 0.262 e. The number of aryl methyl sites for hydroxylation is 1. The predicted octanol–water partition coefficient (Wildman–Crippen LogP) is 3.12. The summed E-state index contributed by atoms with van der Waals surface area (Å²) in [4.78, 5) is 3.82. The number of hydrogen-bond donors (Lipinski definition) is 0. The summed E-state index contributed by atoms with van der Waals surface area (Å²) < 4.78 is 33.0. The molecule has 0 amide bonds. The maximum Gasteiger partial charge on any atom is 0.262 e. The molecule has 1 aromatic carbocycles. The summed E-state index contributed by atoms with van der Waals surface area (Å²) in [6, 6.07) is 8.20. The van der Waals surface area contributed by atoms with E-state index in [1.807, 2.05) is 19.1 Å². The van der Waals surface area contributed by atoms with E-state index in [9.17, 15) is 8.42 Å². The molecule has 106 valence electrons. The zero-order chi connectivity index (χ0) is 14.8. The van der Waals surface area contributed by atoms with Gasteiger partial charge in [0.05, 0.1) is 13.3 Å². The molecule has 1 heterocycles. The molecule has 0 bridgehead atoms. The van der Waals surface area contributed by atoms with E-state index in [1.54, 1.807) is 6.07 Å². The van der Waals surface area contributed by atoms with E-state index in [4.69, 9.17) is 20.2 Å². The molecule has 0 aliphatic rings. The van der Waals surface area contributed by atoms with Crippen molar-refractivity contribution in [2.24, 2.45) is 0 Å². The van der Waals surface area contributed by atoms with Crippen LogP contribution >= 0.6 is 10.7 Å². The fourth-order valence-electron chi connectivity index (χ4n) is 1.54. The summed E-state index contributed by atoms with van der Waals surface area (Å²) in [6.07, 6.45) is 1.14. The van der Waals surface area contributed by atoms with Gasteiger partial charge in [-0.1, -0.05) is 6.07 Å². The third-order valence-electron chi connectivity index (χ3n) is 2.52. The third kappa shape index (κ3) is 3.40. The normalized spacial score (nSPS) is 11.2. The zero-order valence-corrected chi connectivity index (χ0v) is 12.4. The molecule has 0 saturated carbocycles. The minimum absolute atomic E-state index is 0.0811. The van der Waals surface area contributed by atoms with E-state index in [1.165, 1.54) is 19.2 Å². The van der Waals surface area contributed by atoms with E-state index >= 15 is 0 Å². The minimum Gasteiger partial charge on any atom is -0.493 e. The summed E-state index contributed by atoms with van der Waals surface area (Å²) in [5, 5.41) is 0. The Kier molecular flexibility index (Phi) is 4.15. The highest BCUT2D eigenvalue weighted by molar-refractivity contribution is 8.13. The number of rotatable bonds is 4. The van der Waals surface area contributed by atoms with Crippen molar-refractivity contribution in [1.82, 2.24) is 4.98 Å². The van der Waals surface area contributed by atoms with Crippen molar-refractivity contribution >= 4 is 19.7 Å². The van der Waals surface area contributed by atoms with Crippen LogP contribution in [0.25, 0.3) is 0 Å². The second kappa shape index (κ2) is 5.68. The summed E-state index contributed by atoms with van der Waals surface area (Å²) in [5.41, 5.74) is 1.03. The van der Waals surface area contributed by atoms with E-state index < -0.39 is 9.05 Å². The van der Waals surface area contributed by atoms with Crippen molar-refractivity contribution in [3.05, 3.63) is 42.1 Å². The van der Waals surface area contributed by atoms with Crippen LogP contribution in [0.5, 0.6) is 17.4 Å². The van der Waals surface area contributed by atoms with Crippen molar-refractivity contribution in [2.75, 3.05) is 7.11 Å². The SMILES string of the molecule is COc1cc(C)ccc1Oc1ccc(S(=O)(=O)Cl)cn1. The van der Waals surface area contributed by atoms with Crippen molar-refractivity contribution in [1.29, 1.82) is 0 Å². The van der Waals surface area contributed by atoms with Gasteiger partial charge in [-0.25, -0.2) is 13.4 Å². The third-order valence-corrected chi connectivity index (χ3v) is 3.86. The Morgan fingerprint density at radius 2 is 1.90 bits per heavy atom. The summed E-state index contributed by atoms with van der Waals surface area (Å²) >= 11 is 0. The van der Waals surface area contributed by atoms with E-state index in [-0.39, 0.29) is 10.8 Å². The lowest BCUT2D eigenvalue weighted by molar-refractivity contribution is 0.373. The van der Waals surface area contributed by atoms with Crippen molar-refractivity contribution in [3.63, 3.8) is 0 Å². The first-order valence-corrected chi connectivity index (χ1v) is 7.94. The second-order valence-corrected chi connectivity index (χ2v) is 6.59. The van der Waals surface area contributed by atoms with Crippen molar-refractivity contribution < 1.29 is 17.9 Å². The molecule has 1 aromatic heterocycles. The number of hydrogen-bond acceptors (Lipinski definition) is 5. The molecule has 7 heteroatoms. The molecule has 0 aliphatic carbocycles. The Labute approximate surface area is 121 Å². The Morgan fingerprint density at radius 3 is 2.45 bits per heavy atom. The van der Waals surface area contributed by atoms with E-state index in [0.29, 0.717) is 11.5 Å². The molecule has 0 unspecified atom stereocenters. The number of ether oxygens (including phenoxy) is 2. The lowest BCUT2D eigenvalue weighted by Crippen LogP contribution is -1.95. The number of halogens is 1. The van der Waals surface area contributed by atoms with Crippen LogP contribution in [-0.4, -0.2) is 20.5 Å². The molecule has 20 heavy (non-hydrogen) atoms. The quantitative estimate of drug-likeness (QED) is 0.811. The van der Waals surface area contributed by atoms with Gasteiger partial charge in [0.2, 0.25) is 5.88 Å². The average molecular weight is 314 g/mol. The summed E-state index contributed by atoms with van der Waals surface area (Å²) in [7, 11) is 2.97. The lowest BCUT2D eigenvalue weighted by atomic mass is 10.2. The van der Waals surface area contributed by atoms with Gasteiger partial charge in [-0.3, -0.25) is 0 Å². The Morgan fingerprint density at radius 1 is 1.15 bits per heavy atom. The van der Waals surface area contributed by atoms with Gasteiger partial charge >= 0.3 is 0 Å². The Balaban J connectivity index is 2.27. The maximum atomic E-state index is 11.1. The Hall–Kier alpha value is -1.79. The van der Waals surface area contributed by atoms with Crippen LogP contribution in [0.4, 0.5) is 0 Å². The van der Waals surface area contributed by atoms with Gasteiger partial charge in [0, 0.05) is 16.7 Å². The van der Waals surface area contributed by atoms with E-state index in [0.717, 1.165) is 11.8 Å². The summed E-state index contributed by atoms with van der Waals surface area (Å²) in [5.74, 6) is 1.31. The largest absolute Gasteiger partial charge is 0.493 e. The van der Waals surface area contributed by atoms with Gasteiger partial charge in [-0.2, -0.15) is 0 Å². The van der Waals surface area contributed by atoms with Crippen LogP contribution in [0.3, 0.4) is 0 Å². The number of pyridine rings is 1. The number of nitrogens with zero attached hydrogens (tertiary/aromatic N) is 1. The highest BCUT2D eigenvalue weighted by Crippen LogP contribution is 2.31. The first-order chi connectivity index (χ1) is 9.40. The molecule has 0 atom stereocenters. The molecule has 0 radical (unpaired) electrons. The topological polar surface area (TPSA) is 65.5 Å². The van der Waals surface area contributed by atoms with Gasteiger partial charge in [0.1, 0.15) is 4.90 Å². The predicted molar refractivity (Wildman–Crippen MR) is 75.1 cm³/mol. The van der Waals surface area contributed by atoms with Crippen molar-refractivity contribution in [2.45, 2.75) is 11.8 Å². The monoisotopic (exact) mass is 313 g/mol. The number of methoxy groups -OCH3 is 1. The molecule has 0 fully saturated rings. The summed E-state index contributed by atoms with van der Waals surface area (Å²) in [6.45, 7) is 1.94. The molecule has 2 rings (SSSR count). The maximum absolute atomic E-state index is 11.1. The van der Waals surface area contributed by atoms with Crippen LogP contribution in [0.15, 0.2) is 41.4 Å². The first-order valence-electron chi connectivity index (χ1n) is 5.63. The van der Waals surface area contributed by atoms with Crippen molar-refractivity contribution in [3.8, 4) is 17.4 Å². The number of aromatic nitrogens is 1. The van der Waals surface area contributed by atoms with Crippen LogP contribution in [-0.2, 0) is 9.05 Å². The van der Waals surface area contributed by atoms with Crippen LogP contribution in [0.1, 0.15) is 5.56 Å². The molecule has 0 aliphatic heterocycles. The fourth-order valence-corrected chi connectivity index (χ4v) is 2.23. The first kappa shape index (κ1) is 14.6. The Bertz CT molecular complexity index is 714. The highest BCUT2D eigenvalue weighted by Gasteiger charge is 2.11. The fraction of sp³-hybridized carbons (Fsp3) is 0.154. The van der Waals surface area contributed by atoms with E-state index in [2.05, 4.69) is 4.98 Å². The minimum atomic E-state index is -3.78. The van der Waals surface area contributed by atoms with Gasteiger partial charge in [-0.05, 0) is 30.7 Å². The second-order valence-electron chi connectivity index (χ2n) is 4.03. The van der Waals surface area contributed by atoms with Gasteiger partial charge in [0.15, 0.2) is 11.5 Å². The van der Waals surface area contributed by atoms with Gasteiger partial charge in [0.25, 0.3) is 9.05 Å². The highest BCUT2D eigenvalue weighted by atomic mass is 35.7. The molecule has 5 nitrogen and oxygen atoms in total. The standard InChI is InChI=1S/C13H12ClNO4S/c1-9-3-5-11(12(7-9)18-2)19-13-6-4-10(8-15-13)20(14,16)17/h3-8H,1-2H3. The molecule has 0 saturated heterocycles. The lowest BCUT2D eigenvalue weighted by Gasteiger charge is -2.10. The van der Waals surface area contributed by atoms with Crippen LogP contribution in [0, 0.1) is 6.92 Å². The number of benzene rings is 1. The molecule has 0 spiro atoms. The van der Waals surface area contributed by atoms with Crippen LogP contribution < -0.4 is 9.47 Å². The van der Waals surface area contributed by atoms with Gasteiger partial charge in [-0.15, -0.1) is 0 Å². The van der Waals surface area contributed by atoms with Gasteiger partial charge < -0.3 is 9.47 Å². The zero-order valence-electron chi connectivity index (χ0n) is 10.8. The molecular weight excluding hydrogens is 302 g/mol. The molecular formula is C13H12ClNO4S.